The molecule has 0 saturated heterocycles. The van der Waals surface area contributed by atoms with Gasteiger partial charge in [0.05, 0.1) is 5.69 Å². The van der Waals surface area contributed by atoms with E-state index in [-0.39, 0.29) is 0 Å². The van der Waals surface area contributed by atoms with Crippen LogP contribution < -0.4 is 4.90 Å². The molecule has 0 atom stereocenters. The lowest BCUT2D eigenvalue weighted by atomic mass is 9.94. The van der Waals surface area contributed by atoms with Crippen molar-refractivity contribution in [2.45, 2.75) is 0 Å². The lowest BCUT2D eigenvalue weighted by Gasteiger charge is -2.28. The third-order valence-corrected chi connectivity index (χ3v) is 11.2. The van der Waals surface area contributed by atoms with Crippen molar-refractivity contribution < 1.29 is 4.42 Å². The average molecular weight is 714 g/mol. The van der Waals surface area contributed by atoms with Gasteiger partial charge >= 0.3 is 0 Å². The van der Waals surface area contributed by atoms with Crippen LogP contribution in [0, 0.1) is 0 Å². The van der Waals surface area contributed by atoms with Gasteiger partial charge in [-0.2, -0.15) is 0 Å². The lowest BCUT2D eigenvalue weighted by molar-refractivity contribution is 0.669. The molecule has 0 aliphatic heterocycles. The SMILES string of the molecule is c1ccc(-c2ccc(N(c3ccc(-c4ccc5c(ccc6ccccc65)c4)cc3)c3ccccc3-c3cccc4cc5c(cc34)oc3ccccc35)cc2)cc1. The fraction of sp³-hybridized carbons (Fsp3) is 0. The zero-order valence-corrected chi connectivity index (χ0v) is 30.6. The predicted molar refractivity (Wildman–Crippen MR) is 237 cm³/mol. The number of para-hydroxylation sites is 2. The van der Waals surface area contributed by atoms with Gasteiger partial charge in [-0.25, -0.2) is 0 Å². The van der Waals surface area contributed by atoms with E-state index in [1.165, 1.54) is 49.2 Å². The summed E-state index contributed by atoms with van der Waals surface area (Å²) in [4.78, 5) is 2.39. The Balaban J connectivity index is 1.05. The number of hydrogen-bond donors (Lipinski definition) is 0. The molecule has 1 aromatic heterocycles. The molecule has 0 aliphatic carbocycles. The molecular formula is C54H35NO. The summed E-state index contributed by atoms with van der Waals surface area (Å²) in [5.41, 5.74) is 12.1. The van der Waals surface area contributed by atoms with E-state index in [2.05, 4.69) is 205 Å². The quantitative estimate of drug-likeness (QED) is 0.160. The summed E-state index contributed by atoms with van der Waals surface area (Å²) in [6, 6.07) is 76.5. The average Bonchev–Trinajstić information content (AvgIpc) is 3.63. The van der Waals surface area contributed by atoms with Crippen molar-refractivity contribution >= 4 is 71.3 Å². The molecule has 0 aliphatic rings. The topological polar surface area (TPSA) is 16.4 Å². The summed E-state index contributed by atoms with van der Waals surface area (Å²) in [5, 5.41) is 9.69. The van der Waals surface area contributed by atoms with Crippen molar-refractivity contribution in [3.8, 4) is 33.4 Å². The zero-order valence-electron chi connectivity index (χ0n) is 30.6. The Bertz CT molecular complexity index is 3230. The molecule has 0 amide bonds. The molecule has 0 saturated carbocycles. The predicted octanol–water partition coefficient (Wildman–Crippen LogP) is 15.5. The second kappa shape index (κ2) is 13.2. The molecule has 0 fully saturated rings. The van der Waals surface area contributed by atoms with Crippen LogP contribution in [0.1, 0.15) is 0 Å². The highest BCUT2D eigenvalue weighted by atomic mass is 16.3. The van der Waals surface area contributed by atoms with Gasteiger partial charge in [-0.1, -0.05) is 158 Å². The van der Waals surface area contributed by atoms with Crippen LogP contribution in [0.3, 0.4) is 0 Å². The van der Waals surface area contributed by atoms with Gasteiger partial charge < -0.3 is 9.32 Å². The molecule has 2 nitrogen and oxygen atoms in total. The van der Waals surface area contributed by atoms with Crippen LogP contribution in [0.15, 0.2) is 217 Å². The summed E-state index contributed by atoms with van der Waals surface area (Å²) < 4.78 is 6.40. The van der Waals surface area contributed by atoms with E-state index in [1.807, 2.05) is 12.1 Å². The summed E-state index contributed by atoms with van der Waals surface area (Å²) in [6.45, 7) is 0. The van der Waals surface area contributed by atoms with E-state index >= 15 is 0 Å². The highest BCUT2D eigenvalue weighted by Gasteiger charge is 2.20. The molecule has 11 aromatic rings. The van der Waals surface area contributed by atoms with Gasteiger partial charge in [0, 0.05) is 27.7 Å². The first-order valence-corrected chi connectivity index (χ1v) is 19.2. The van der Waals surface area contributed by atoms with Crippen molar-refractivity contribution in [1.29, 1.82) is 0 Å². The first-order valence-electron chi connectivity index (χ1n) is 19.2. The third kappa shape index (κ3) is 5.42. The maximum Gasteiger partial charge on any atom is 0.136 e. The fourth-order valence-corrected chi connectivity index (χ4v) is 8.48. The Labute approximate surface area is 325 Å². The van der Waals surface area contributed by atoms with Crippen LogP contribution in [0.5, 0.6) is 0 Å². The summed E-state index contributed by atoms with van der Waals surface area (Å²) in [7, 11) is 0. The first-order chi connectivity index (χ1) is 27.7. The standard InChI is InChI=1S/C54H35NO/c1-2-11-36(12-3-1)37-23-28-43(29-24-37)55(44-30-25-38(26-31-44)40-27-32-46-42(33-40)22-21-39-13-4-5-15-45(39)46)52-19-8-6-16-48(52)47-18-10-14-41-34-51-49-17-7-9-20-53(49)56-54(51)35-50(41)47/h1-35H. The molecule has 0 spiro atoms. The van der Waals surface area contributed by atoms with Crippen LogP contribution in [-0.4, -0.2) is 0 Å². The van der Waals surface area contributed by atoms with Crippen molar-refractivity contribution in [1.82, 2.24) is 0 Å². The van der Waals surface area contributed by atoms with Crippen molar-refractivity contribution in [2.75, 3.05) is 4.90 Å². The number of anilines is 3. The Morgan fingerprint density at radius 2 is 0.857 bits per heavy atom. The number of nitrogens with zero attached hydrogens (tertiary/aromatic N) is 1. The second-order valence-corrected chi connectivity index (χ2v) is 14.5. The van der Waals surface area contributed by atoms with Crippen molar-refractivity contribution in [3.05, 3.63) is 212 Å². The summed E-state index contributed by atoms with van der Waals surface area (Å²) >= 11 is 0. The number of rotatable bonds is 6. The minimum absolute atomic E-state index is 0.898. The van der Waals surface area contributed by atoms with E-state index < -0.39 is 0 Å². The van der Waals surface area contributed by atoms with Gasteiger partial charge in [0.25, 0.3) is 0 Å². The smallest absolute Gasteiger partial charge is 0.136 e. The molecule has 11 rings (SSSR count). The number of furan rings is 1. The third-order valence-electron chi connectivity index (χ3n) is 11.2. The van der Waals surface area contributed by atoms with Crippen LogP contribution in [-0.2, 0) is 0 Å². The highest BCUT2D eigenvalue weighted by Crippen LogP contribution is 2.44. The normalized spacial score (nSPS) is 11.6. The molecule has 0 unspecified atom stereocenters. The summed E-state index contributed by atoms with van der Waals surface area (Å²) in [5.74, 6) is 0. The number of benzene rings is 10. The highest BCUT2D eigenvalue weighted by molar-refractivity contribution is 6.13. The molecule has 56 heavy (non-hydrogen) atoms. The minimum atomic E-state index is 0.898. The Morgan fingerprint density at radius 3 is 1.68 bits per heavy atom. The molecule has 10 aromatic carbocycles. The Morgan fingerprint density at radius 1 is 0.286 bits per heavy atom. The number of fused-ring (bicyclic) bond motifs is 7. The van der Waals surface area contributed by atoms with Gasteiger partial charge in [-0.15, -0.1) is 0 Å². The monoisotopic (exact) mass is 713 g/mol. The Kier molecular flexibility index (Phi) is 7.53. The van der Waals surface area contributed by atoms with Gasteiger partial charge in [-0.3, -0.25) is 0 Å². The van der Waals surface area contributed by atoms with Gasteiger partial charge in [0.15, 0.2) is 0 Å². The van der Waals surface area contributed by atoms with Crippen LogP contribution in [0.25, 0.3) is 87.6 Å². The molecule has 262 valence electrons. The van der Waals surface area contributed by atoms with Crippen LogP contribution in [0.4, 0.5) is 17.1 Å². The molecule has 1 heterocycles. The molecule has 2 heteroatoms. The van der Waals surface area contributed by atoms with Gasteiger partial charge in [0.1, 0.15) is 11.2 Å². The molecular weight excluding hydrogens is 679 g/mol. The van der Waals surface area contributed by atoms with E-state index in [4.69, 9.17) is 4.42 Å². The fourth-order valence-electron chi connectivity index (χ4n) is 8.48. The van der Waals surface area contributed by atoms with Gasteiger partial charge in [0.2, 0.25) is 0 Å². The van der Waals surface area contributed by atoms with Crippen LogP contribution >= 0.6 is 0 Å². The maximum atomic E-state index is 6.40. The first kappa shape index (κ1) is 32.0. The minimum Gasteiger partial charge on any atom is -0.456 e. The zero-order chi connectivity index (χ0) is 37.0. The van der Waals surface area contributed by atoms with Crippen LogP contribution in [0.2, 0.25) is 0 Å². The van der Waals surface area contributed by atoms with E-state index in [0.717, 1.165) is 55.5 Å². The van der Waals surface area contributed by atoms with Gasteiger partial charge in [-0.05, 0) is 115 Å². The van der Waals surface area contributed by atoms with Crippen molar-refractivity contribution in [3.63, 3.8) is 0 Å². The van der Waals surface area contributed by atoms with E-state index in [0.29, 0.717) is 0 Å². The lowest BCUT2D eigenvalue weighted by Crippen LogP contribution is -2.11. The Hall–Kier alpha value is -7.42. The van der Waals surface area contributed by atoms with E-state index in [1.54, 1.807) is 0 Å². The second-order valence-electron chi connectivity index (χ2n) is 14.5. The number of hydrogen-bond acceptors (Lipinski definition) is 2. The molecule has 0 radical (unpaired) electrons. The van der Waals surface area contributed by atoms with E-state index in [9.17, 15) is 0 Å². The van der Waals surface area contributed by atoms with Crippen molar-refractivity contribution in [2.24, 2.45) is 0 Å². The summed E-state index contributed by atoms with van der Waals surface area (Å²) in [6.07, 6.45) is 0. The molecule has 0 N–H and O–H groups in total. The largest absolute Gasteiger partial charge is 0.456 e. The maximum absolute atomic E-state index is 6.40. The molecule has 0 bridgehead atoms.